The fourth-order valence-corrected chi connectivity index (χ4v) is 1.26. The van der Waals surface area contributed by atoms with Crippen molar-refractivity contribution in [2.24, 2.45) is 0 Å². The Kier molecular flexibility index (Phi) is 10.2. The molecule has 0 heterocycles. The standard InChI is InChI=1S/C14H28N2O3/c1-5-6-11-18-12-10-15-8-7-9-16-13(17)19-14(2,3)4/h5,15H,1,6-12H2,2-4H3,(H,16,17). The highest BCUT2D eigenvalue weighted by Gasteiger charge is 2.15. The van der Waals surface area contributed by atoms with Crippen LogP contribution >= 0.6 is 0 Å². The molecule has 0 unspecified atom stereocenters. The van der Waals surface area contributed by atoms with Crippen LogP contribution < -0.4 is 10.6 Å². The number of carbonyl (C=O) groups is 1. The maximum atomic E-state index is 11.3. The summed E-state index contributed by atoms with van der Waals surface area (Å²) in [5.74, 6) is 0. The predicted molar refractivity (Wildman–Crippen MR) is 77.4 cm³/mol. The Bertz CT molecular complexity index is 250. The topological polar surface area (TPSA) is 59.6 Å². The highest BCUT2D eigenvalue weighted by molar-refractivity contribution is 5.67. The predicted octanol–water partition coefficient (Wildman–Crippen LogP) is 2.08. The van der Waals surface area contributed by atoms with E-state index < -0.39 is 5.60 Å². The summed E-state index contributed by atoms with van der Waals surface area (Å²) in [4.78, 5) is 11.3. The number of nitrogens with one attached hydrogen (secondary N) is 2. The summed E-state index contributed by atoms with van der Waals surface area (Å²) in [5, 5.41) is 5.96. The molecule has 0 aromatic rings. The van der Waals surface area contributed by atoms with Gasteiger partial charge in [0.05, 0.1) is 13.2 Å². The van der Waals surface area contributed by atoms with Crippen LogP contribution in [-0.4, -0.2) is 44.5 Å². The van der Waals surface area contributed by atoms with Gasteiger partial charge in [0.25, 0.3) is 0 Å². The van der Waals surface area contributed by atoms with E-state index in [1.165, 1.54) is 0 Å². The van der Waals surface area contributed by atoms with Crippen molar-refractivity contribution >= 4 is 6.09 Å². The molecule has 0 aliphatic heterocycles. The van der Waals surface area contributed by atoms with Crippen LogP contribution in [0.5, 0.6) is 0 Å². The minimum atomic E-state index is -0.439. The molecule has 2 N–H and O–H groups in total. The molecule has 5 heteroatoms. The van der Waals surface area contributed by atoms with Crippen LogP contribution in [0.2, 0.25) is 0 Å². The van der Waals surface area contributed by atoms with Crippen molar-refractivity contribution < 1.29 is 14.3 Å². The number of carbonyl (C=O) groups excluding carboxylic acids is 1. The number of amides is 1. The van der Waals surface area contributed by atoms with Crippen molar-refractivity contribution in [3.05, 3.63) is 12.7 Å². The molecular formula is C14H28N2O3. The second-order valence-electron chi connectivity index (χ2n) is 5.22. The molecule has 0 aromatic heterocycles. The normalized spacial score (nSPS) is 11.1. The lowest BCUT2D eigenvalue weighted by Crippen LogP contribution is -2.34. The van der Waals surface area contributed by atoms with Crippen LogP contribution in [-0.2, 0) is 9.47 Å². The van der Waals surface area contributed by atoms with Gasteiger partial charge in [0.1, 0.15) is 5.60 Å². The summed E-state index contributed by atoms with van der Waals surface area (Å²) in [5.41, 5.74) is -0.439. The summed E-state index contributed by atoms with van der Waals surface area (Å²) in [6.07, 6.45) is 3.24. The van der Waals surface area contributed by atoms with E-state index in [0.29, 0.717) is 13.2 Å². The molecule has 0 radical (unpaired) electrons. The molecule has 0 aromatic carbocycles. The maximum Gasteiger partial charge on any atom is 0.407 e. The van der Waals surface area contributed by atoms with E-state index in [0.717, 1.165) is 32.5 Å². The van der Waals surface area contributed by atoms with Crippen LogP contribution in [0.15, 0.2) is 12.7 Å². The van der Waals surface area contributed by atoms with Crippen LogP contribution in [0, 0.1) is 0 Å². The third-order valence-electron chi connectivity index (χ3n) is 2.09. The molecular weight excluding hydrogens is 244 g/mol. The molecule has 0 rings (SSSR count). The van der Waals surface area contributed by atoms with Gasteiger partial charge in [0, 0.05) is 13.1 Å². The zero-order valence-corrected chi connectivity index (χ0v) is 12.5. The van der Waals surface area contributed by atoms with Gasteiger partial charge in [-0.3, -0.25) is 0 Å². The minimum absolute atomic E-state index is 0.361. The van der Waals surface area contributed by atoms with Gasteiger partial charge in [-0.15, -0.1) is 6.58 Å². The zero-order valence-electron chi connectivity index (χ0n) is 12.5. The molecule has 1 amide bonds. The average molecular weight is 272 g/mol. The summed E-state index contributed by atoms with van der Waals surface area (Å²) in [6.45, 7) is 12.9. The summed E-state index contributed by atoms with van der Waals surface area (Å²) in [7, 11) is 0. The fourth-order valence-electron chi connectivity index (χ4n) is 1.26. The molecule has 0 bridgehead atoms. The Hall–Kier alpha value is -1.07. The summed E-state index contributed by atoms with van der Waals surface area (Å²) in [6, 6.07) is 0. The molecule has 0 saturated carbocycles. The van der Waals surface area contributed by atoms with Gasteiger partial charge in [-0.05, 0) is 40.2 Å². The van der Waals surface area contributed by atoms with Crippen LogP contribution in [0.1, 0.15) is 33.6 Å². The maximum absolute atomic E-state index is 11.3. The lowest BCUT2D eigenvalue weighted by Gasteiger charge is -2.19. The molecule has 0 atom stereocenters. The minimum Gasteiger partial charge on any atom is -0.444 e. The highest BCUT2D eigenvalue weighted by atomic mass is 16.6. The highest BCUT2D eigenvalue weighted by Crippen LogP contribution is 2.06. The van der Waals surface area contributed by atoms with Crippen molar-refractivity contribution in [2.75, 3.05) is 32.8 Å². The molecule has 0 spiro atoms. The second kappa shape index (κ2) is 10.8. The van der Waals surface area contributed by atoms with Crippen LogP contribution in [0.4, 0.5) is 4.79 Å². The number of ether oxygens (including phenoxy) is 2. The third-order valence-corrected chi connectivity index (χ3v) is 2.09. The Morgan fingerprint density at radius 3 is 2.58 bits per heavy atom. The van der Waals surface area contributed by atoms with Crippen molar-refractivity contribution in [3.63, 3.8) is 0 Å². The van der Waals surface area contributed by atoms with Gasteiger partial charge < -0.3 is 20.1 Å². The van der Waals surface area contributed by atoms with Crippen molar-refractivity contribution in [3.8, 4) is 0 Å². The number of hydrogen-bond acceptors (Lipinski definition) is 4. The Balaban J connectivity index is 3.23. The monoisotopic (exact) mass is 272 g/mol. The van der Waals surface area contributed by atoms with E-state index in [2.05, 4.69) is 17.2 Å². The first-order valence-corrected chi connectivity index (χ1v) is 6.82. The first kappa shape index (κ1) is 17.9. The largest absolute Gasteiger partial charge is 0.444 e. The van der Waals surface area contributed by atoms with E-state index >= 15 is 0 Å². The number of alkyl carbamates (subject to hydrolysis) is 1. The first-order valence-electron chi connectivity index (χ1n) is 6.82. The lowest BCUT2D eigenvalue weighted by molar-refractivity contribution is 0.0527. The van der Waals surface area contributed by atoms with E-state index in [-0.39, 0.29) is 6.09 Å². The molecule has 0 aliphatic carbocycles. The van der Waals surface area contributed by atoms with Gasteiger partial charge in [-0.25, -0.2) is 4.79 Å². The van der Waals surface area contributed by atoms with Crippen molar-refractivity contribution in [2.45, 2.75) is 39.2 Å². The molecule has 5 nitrogen and oxygen atoms in total. The molecule has 19 heavy (non-hydrogen) atoms. The molecule has 0 fully saturated rings. The Labute approximate surface area is 116 Å². The second-order valence-corrected chi connectivity index (χ2v) is 5.22. The zero-order chi connectivity index (χ0) is 14.6. The Morgan fingerprint density at radius 1 is 1.21 bits per heavy atom. The first-order chi connectivity index (χ1) is 8.95. The van der Waals surface area contributed by atoms with Gasteiger partial charge >= 0.3 is 6.09 Å². The van der Waals surface area contributed by atoms with E-state index in [1.54, 1.807) is 0 Å². The van der Waals surface area contributed by atoms with Gasteiger partial charge in [-0.1, -0.05) is 6.08 Å². The van der Waals surface area contributed by atoms with E-state index in [9.17, 15) is 4.79 Å². The van der Waals surface area contributed by atoms with Gasteiger partial charge in [-0.2, -0.15) is 0 Å². The molecule has 112 valence electrons. The van der Waals surface area contributed by atoms with Crippen molar-refractivity contribution in [1.29, 1.82) is 0 Å². The molecule has 0 aliphatic rings. The summed E-state index contributed by atoms with van der Waals surface area (Å²) < 4.78 is 10.5. The molecule has 0 saturated heterocycles. The van der Waals surface area contributed by atoms with E-state index in [1.807, 2.05) is 26.8 Å². The number of rotatable bonds is 10. The van der Waals surface area contributed by atoms with Crippen LogP contribution in [0.25, 0.3) is 0 Å². The Morgan fingerprint density at radius 2 is 1.95 bits per heavy atom. The SMILES string of the molecule is C=CCCOCCNCCCNC(=O)OC(C)(C)C. The third kappa shape index (κ3) is 14.9. The van der Waals surface area contributed by atoms with Gasteiger partial charge in [0.15, 0.2) is 0 Å². The van der Waals surface area contributed by atoms with Crippen molar-refractivity contribution in [1.82, 2.24) is 10.6 Å². The smallest absolute Gasteiger partial charge is 0.407 e. The number of hydrogen-bond donors (Lipinski definition) is 2. The summed E-state index contributed by atoms with van der Waals surface area (Å²) >= 11 is 0. The van der Waals surface area contributed by atoms with Crippen LogP contribution in [0.3, 0.4) is 0 Å². The quantitative estimate of drug-likeness (QED) is 0.472. The van der Waals surface area contributed by atoms with E-state index in [4.69, 9.17) is 9.47 Å². The lowest BCUT2D eigenvalue weighted by atomic mass is 10.2. The fraction of sp³-hybridized carbons (Fsp3) is 0.786. The van der Waals surface area contributed by atoms with Gasteiger partial charge in [0.2, 0.25) is 0 Å². The average Bonchev–Trinajstić information content (AvgIpc) is 2.29.